The van der Waals surface area contributed by atoms with Crippen molar-refractivity contribution in [1.82, 2.24) is 10.1 Å². The smallest absolute Gasteiger partial charge is 0.319 e. The van der Waals surface area contributed by atoms with Crippen molar-refractivity contribution in [2.75, 3.05) is 5.73 Å². The largest absolute Gasteiger partial charge is 0.351 e. The minimum Gasteiger partial charge on any atom is -0.351 e. The molecule has 1 heterocycles. The van der Waals surface area contributed by atoms with Gasteiger partial charge in [0.1, 0.15) is 5.82 Å². The van der Waals surface area contributed by atoms with Crippen molar-refractivity contribution in [1.29, 1.82) is 0 Å². The van der Waals surface area contributed by atoms with Crippen LogP contribution in [0.2, 0.25) is 5.02 Å². The van der Waals surface area contributed by atoms with Gasteiger partial charge < -0.3 is 10.3 Å². The Morgan fingerprint density at radius 3 is 2.79 bits per heavy atom. The Labute approximate surface area is 83.5 Å². The topological polar surface area (TPSA) is 64.9 Å². The zero-order valence-electron chi connectivity index (χ0n) is 6.87. The van der Waals surface area contributed by atoms with Crippen molar-refractivity contribution in [3.05, 3.63) is 29.0 Å². The van der Waals surface area contributed by atoms with Crippen LogP contribution in [0.3, 0.4) is 0 Å². The highest BCUT2D eigenvalue weighted by molar-refractivity contribution is 6.33. The molecule has 0 saturated heterocycles. The van der Waals surface area contributed by atoms with Crippen LogP contribution in [0.1, 0.15) is 0 Å². The fourth-order valence-corrected chi connectivity index (χ4v) is 1.30. The molecule has 6 heteroatoms. The van der Waals surface area contributed by atoms with E-state index in [9.17, 15) is 4.39 Å². The Bertz CT molecular complexity index is 451. The first kappa shape index (κ1) is 8.96. The van der Waals surface area contributed by atoms with Crippen molar-refractivity contribution in [3.63, 3.8) is 0 Å². The predicted octanol–water partition coefficient (Wildman–Crippen LogP) is 2.11. The maximum atomic E-state index is 13.3. The van der Waals surface area contributed by atoms with Crippen LogP contribution in [0, 0.1) is 5.82 Å². The van der Waals surface area contributed by atoms with Gasteiger partial charge in [0.25, 0.3) is 0 Å². The van der Waals surface area contributed by atoms with E-state index in [1.807, 2.05) is 0 Å². The Hall–Kier alpha value is -1.62. The summed E-state index contributed by atoms with van der Waals surface area (Å²) < 4.78 is 17.8. The van der Waals surface area contributed by atoms with Crippen molar-refractivity contribution >= 4 is 17.6 Å². The number of aromatic nitrogens is 2. The molecule has 0 unspecified atom stereocenters. The summed E-state index contributed by atoms with van der Waals surface area (Å²) in [7, 11) is 0. The van der Waals surface area contributed by atoms with E-state index in [0.29, 0.717) is 0 Å². The first-order valence-electron chi connectivity index (χ1n) is 3.72. The summed E-state index contributed by atoms with van der Waals surface area (Å²) in [4.78, 5) is 3.68. The van der Waals surface area contributed by atoms with E-state index in [2.05, 4.69) is 14.7 Å². The zero-order valence-corrected chi connectivity index (χ0v) is 7.62. The maximum Gasteiger partial charge on any atom is 0.319 e. The molecule has 4 nitrogen and oxygen atoms in total. The monoisotopic (exact) mass is 213 g/mol. The molecule has 2 aromatic rings. The Morgan fingerprint density at radius 1 is 1.43 bits per heavy atom. The fourth-order valence-electron chi connectivity index (χ4n) is 1.05. The maximum absolute atomic E-state index is 13.3. The van der Waals surface area contributed by atoms with E-state index in [4.69, 9.17) is 17.3 Å². The molecule has 0 radical (unpaired) electrons. The summed E-state index contributed by atoms with van der Waals surface area (Å²) in [6.45, 7) is 0. The summed E-state index contributed by atoms with van der Waals surface area (Å²) in [5.41, 5.74) is 5.30. The van der Waals surface area contributed by atoms with Crippen LogP contribution in [0.25, 0.3) is 11.4 Å². The predicted molar refractivity (Wildman–Crippen MR) is 49.1 cm³/mol. The molecule has 0 aliphatic rings. The van der Waals surface area contributed by atoms with Gasteiger partial charge in [-0.15, -0.1) is 0 Å². The van der Waals surface area contributed by atoms with Gasteiger partial charge in [-0.05, 0) is 12.1 Å². The molecule has 72 valence electrons. The molecule has 0 bridgehead atoms. The Balaban J connectivity index is 2.61. The number of hydrogen-bond acceptors (Lipinski definition) is 4. The SMILES string of the molecule is Nc1nc(-c2c(F)cccc2Cl)no1. The number of hydrogen-bond donors (Lipinski definition) is 1. The molecular formula is C8H5ClFN3O. The second-order valence-corrected chi connectivity index (χ2v) is 2.96. The molecule has 0 aliphatic carbocycles. The van der Waals surface area contributed by atoms with Crippen LogP contribution in [0.15, 0.2) is 22.7 Å². The zero-order chi connectivity index (χ0) is 10.1. The second kappa shape index (κ2) is 3.26. The van der Waals surface area contributed by atoms with E-state index in [1.165, 1.54) is 18.2 Å². The molecule has 0 atom stereocenters. The average Bonchev–Trinajstić information content (AvgIpc) is 2.51. The molecule has 14 heavy (non-hydrogen) atoms. The lowest BCUT2D eigenvalue weighted by atomic mass is 10.2. The first-order chi connectivity index (χ1) is 6.68. The number of halogens is 2. The van der Waals surface area contributed by atoms with Gasteiger partial charge in [0, 0.05) is 0 Å². The number of rotatable bonds is 1. The molecule has 0 fully saturated rings. The minimum absolute atomic E-state index is 0.0469. The van der Waals surface area contributed by atoms with Crippen LogP contribution in [0.5, 0.6) is 0 Å². The second-order valence-electron chi connectivity index (χ2n) is 2.55. The summed E-state index contributed by atoms with van der Waals surface area (Å²) in [6.07, 6.45) is 0. The number of nitrogens with zero attached hydrogens (tertiary/aromatic N) is 2. The molecule has 2 N–H and O–H groups in total. The third kappa shape index (κ3) is 1.42. The third-order valence-corrected chi connectivity index (χ3v) is 1.94. The van der Waals surface area contributed by atoms with Crippen molar-refractivity contribution < 1.29 is 8.91 Å². The van der Waals surface area contributed by atoms with Gasteiger partial charge in [0.2, 0.25) is 5.82 Å². The Morgan fingerprint density at radius 2 is 2.21 bits per heavy atom. The van der Waals surface area contributed by atoms with E-state index in [1.54, 1.807) is 0 Å². The third-order valence-electron chi connectivity index (χ3n) is 1.63. The lowest BCUT2D eigenvalue weighted by molar-refractivity contribution is 0.436. The summed E-state index contributed by atoms with van der Waals surface area (Å²) >= 11 is 5.77. The van der Waals surface area contributed by atoms with E-state index >= 15 is 0 Å². The highest BCUT2D eigenvalue weighted by Gasteiger charge is 2.14. The summed E-state index contributed by atoms with van der Waals surface area (Å²) in [5, 5.41) is 3.69. The molecule has 0 amide bonds. The molecule has 0 aliphatic heterocycles. The average molecular weight is 214 g/mol. The van der Waals surface area contributed by atoms with Crippen LogP contribution < -0.4 is 5.73 Å². The number of nitrogen functional groups attached to an aromatic ring is 1. The lowest BCUT2D eigenvalue weighted by Crippen LogP contribution is -1.88. The Kier molecular flexibility index (Phi) is 2.09. The molecular weight excluding hydrogens is 209 g/mol. The molecule has 0 saturated carbocycles. The van der Waals surface area contributed by atoms with Crippen LogP contribution in [-0.4, -0.2) is 10.1 Å². The molecule has 1 aromatic carbocycles. The molecule has 1 aromatic heterocycles. The standard InChI is InChI=1S/C8H5ClFN3O/c9-4-2-1-3-5(10)6(4)7-12-8(11)14-13-7/h1-3H,(H2,11,12,13). The lowest BCUT2D eigenvalue weighted by Gasteiger charge is -1.98. The van der Waals surface area contributed by atoms with E-state index in [0.717, 1.165) is 0 Å². The summed E-state index contributed by atoms with van der Waals surface area (Å²) in [5.74, 6) is -0.469. The first-order valence-corrected chi connectivity index (χ1v) is 4.10. The van der Waals surface area contributed by atoms with Crippen molar-refractivity contribution in [3.8, 4) is 11.4 Å². The van der Waals surface area contributed by atoms with Gasteiger partial charge in [0.15, 0.2) is 0 Å². The van der Waals surface area contributed by atoms with Crippen LogP contribution >= 0.6 is 11.6 Å². The van der Waals surface area contributed by atoms with Gasteiger partial charge in [-0.3, -0.25) is 0 Å². The number of nitrogens with two attached hydrogens (primary N) is 1. The van der Waals surface area contributed by atoms with Crippen LogP contribution in [-0.2, 0) is 0 Å². The number of anilines is 1. The van der Waals surface area contributed by atoms with Gasteiger partial charge >= 0.3 is 6.01 Å². The van der Waals surface area contributed by atoms with Crippen molar-refractivity contribution in [2.24, 2.45) is 0 Å². The van der Waals surface area contributed by atoms with E-state index in [-0.39, 0.29) is 22.4 Å². The van der Waals surface area contributed by atoms with Gasteiger partial charge in [0.05, 0.1) is 10.6 Å². The number of benzene rings is 1. The van der Waals surface area contributed by atoms with Crippen LogP contribution in [0.4, 0.5) is 10.4 Å². The van der Waals surface area contributed by atoms with Gasteiger partial charge in [-0.1, -0.05) is 22.8 Å². The highest BCUT2D eigenvalue weighted by Crippen LogP contribution is 2.28. The van der Waals surface area contributed by atoms with Gasteiger partial charge in [-0.2, -0.15) is 4.98 Å². The quantitative estimate of drug-likeness (QED) is 0.788. The molecule has 2 rings (SSSR count). The highest BCUT2D eigenvalue weighted by atomic mass is 35.5. The summed E-state index contributed by atoms with van der Waals surface area (Å²) in [6, 6.07) is 4.16. The normalized spacial score (nSPS) is 10.4. The fraction of sp³-hybridized carbons (Fsp3) is 0. The van der Waals surface area contributed by atoms with Gasteiger partial charge in [-0.25, -0.2) is 4.39 Å². The van der Waals surface area contributed by atoms with E-state index < -0.39 is 5.82 Å². The molecule has 0 spiro atoms. The minimum atomic E-state index is -0.515. The van der Waals surface area contributed by atoms with Crippen molar-refractivity contribution in [2.45, 2.75) is 0 Å².